The summed E-state index contributed by atoms with van der Waals surface area (Å²) in [5, 5.41) is 11.5. The van der Waals surface area contributed by atoms with Crippen molar-refractivity contribution in [3.8, 4) is 6.07 Å². The molecule has 3 rings (SSSR count). The molecular weight excluding hydrogens is 387 g/mol. The molecule has 0 bridgehead atoms. The third-order valence-corrected chi connectivity index (χ3v) is 5.80. The molecule has 4 heteroatoms. The van der Waals surface area contributed by atoms with Crippen molar-refractivity contribution in [1.29, 1.82) is 5.26 Å². The van der Waals surface area contributed by atoms with E-state index in [0.29, 0.717) is 22.9 Å². The Bertz CT molecular complexity index is 951. The third-order valence-electron chi connectivity index (χ3n) is 5.25. The van der Waals surface area contributed by atoms with Crippen molar-refractivity contribution in [1.82, 2.24) is 4.98 Å². The second-order valence-corrected chi connectivity index (χ2v) is 7.92. The van der Waals surface area contributed by atoms with Crippen molar-refractivity contribution in [2.24, 2.45) is 0 Å². The number of aromatic nitrogens is 1. The van der Waals surface area contributed by atoms with E-state index in [0.717, 1.165) is 17.5 Å². The molecule has 0 aliphatic heterocycles. The fraction of sp³-hybridized carbons (Fsp3) is 0.250. The highest BCUT2D eigenvalue weighted by Gasteiger charge is 2.37. The van der Waals surface area contributed by atoms with Gasteiger partial charge in [-0.15, -0.1) is 0 Å². The van der Waals surface area contributed by atoms with Crippen LogP contribution in [0.15, 0.2) is 73.1 Å². The standard InChI is InChI=1S/C24H22Cl2N2/c1-2-19(20-8-4-3-5-9-20)15-24(17-27,14-18-7-6-12-28-16-18)22-11-10-21(25)13-23(22)26/h3-13,16,19H,2,14-15H2,1H3. The zero-order valence-corrected chi connectivity index (χ0v) is 17.3. The van der Waals surface area contributed by atoms with Crippen LogP contribution in [0.25, 0.3) is 0 Å². The lowest BCUT2D eigenvalue weighted by Crippen LogP contribution is -2.30. The lowest BCUT2D eigenvalue weighted by molar-refractivity contribution is 0.433. The highest BCUT2D eigenvalue weighted by Crippen LogP contribution is 2.42. The van der Waals surface area contributed by atoms with Crippen LogP contribution in [-0.4, -0.2) is 4.98 Å². The molecule has 2 unspecified atom stereocenters. The molecule has 28 heavy (non-hydrogen) atoms. The fourth-order valence-corrected chi connectivity index (χ4v) is 4.38. The maximum Gasteiger partial charge on any atom is 0.0883 e. The van der Waals surface area contributed by atoms with Gasteiger partial charge in [0.1, 0.15) is 0 Å². The maximum atomic E-state index is 10.4. The van der Waals surface area contributed by atoms with Crippen molar-refractivity contribution in [3.63, 3.8) is 0 Å². The van der Waals surface area contributed by atoms with Gasteiger partial charge in [0.2, 0.25) is 0 Å². The second kappa shape index (κ2) is 9.24. The highest BCUT2D eigenvalue weighted by molar-refractivity contribution is 6.35. The molecule has 0 saturated heterocycles. The van der Waals surface area contributed by atoms with Crippen molar-refractivity contribution in [2.75, 3.05) is 0 Å². The van der Waals surface area contributed by atoms with E-state index in [4.69, 9.17) is 23.2 Å². The first-order chi connectivity index (χ1) is 13.6. The number of pyridine rings is 1. The van der Waals surface area contributed by atoms with Crippen LogP contribution in [0, 0.1) is 11.3 Å². The number of benzene rings is 2. The molecule has 0 fully saturated rings. The lowest BCUT2D eigenvalue weighted by Gasteiger charge is -2.32. The molecule has 0 saturated carbocycles. The first-order valence-electron chi connectivity index (χ1n) is 9.38. The summed E-state index contributed by atoms with van der Waals surface area (Å²) in [6.45, 7) is 2.16. The zero-order chi connectivity index (χ0) is 20.0. The van der Waals surface area contributed by atoms with Gasteiger partial charge in [-0.25, -0.2) is 0 Å². The summed E-state index contributed by atoms with van der Waals surface area (Å²) in [4.78, 5) is 4.23. The first-order valence-corrected chi connectivity index (χ1v) is 10.1. The van der Waals surface area contributed by atoms with Crippen molar-refractivity contribution >= 4 is 23.2 Å². The monoisotopic (exact) mass is 408 g/mol. The van der Waals surface area contributed by atoms with Crippen LogP contribution in [-0.2, 0) is 11.8 Å². The van der Waals surface area contributed by atoms with Crippen LogP contribution in [0.1, 0.15) is 42.4 Å². The summed E-state index contributed by atoms with van der Waals surface area (Å²) in [5.74, 6) is 0.240. The van der Waals surface area contributed by atoms with E-state index in [-0.39, 0.29) is 5.92 Å². The van der Waals surface area contributed by atoms with Gasteiger partial charge in [0.25, 0.3) is 0 Å². The Morgan fingerprint density at radius 3 is 2.46 bits per heavy atom. The van der Waals surface area contributed by atoms with Gasteiger partial charge in [0.05, 0.1) is 11.5 Å². The van der Waals surface area contributed by atoms with Crippen LogP contribution >= 0.6 is 23.2 Å². The predicted molar refractivity (Wildman–Crippen MR) is 116 cm³/mol. The van der Waals surface area contributed by atoms with E-state index >= 15 is 0 Å². The molecule has 142 valence electrons. The smallest absolute Gasteiger partial charge is 0.0883 e. The highest BCUT2D eigenvalue weighted by atomic mass is 35.5. The molecule has 0 amide bonds. The predicted octanol–water partition coefficient (Wildman–Crippen LogP) is 6.98. The van der Waals surface area contributed by atoms with Crippen LogP contribution in [0.4, 0.5) is 0 Å². The number of halogens is 2. The largest absolute Gasteiger partial charge is 0.264 e. The van der Waals surface area contributed by atoms with Crippen molar-refractivity contribution in [3.05, 3.63) is 99.8 Å². The first kappa shape index (κ1) is 20.4. The number of hydrogen-bond acceptors (Lipinski definition) is 2. The van der Waals surface area contributed by atoms with E-state index in [1.165, 1.54) is 5.56 Å². The quantitative estimate of drug-likeness (QED) is 0.422. The van der Waals surface area contributed by atoms with Crippen molar-refractivity contribution in [2.45, 2.75) is 37.5 Å². The third kappa shape index (κ3) is 4.55. The molecule has 0 aliphatic carbocycles. The number of hydrogen-bond donors (Lipinski definition) is 0. The summed E-state index contributed by atoms with van der Waals surface area (Å²) < 4.78 is 0. The number of nitriles is 1. The molecule has 0 aliphatic rings. The molecular formula is C24H22Cl2N2. The summed E-state index contributed by atoms with van der Waals surface area (Å²) in [7, 11) is 0. The molecule has 3 aromatic rings. The van der Waals surface area contributed by atoms with Crippen LogP contribution in [0.5, 0.6) is 0 Å². The minimum absolute atomic E-state index is 0.240. The Kier molecular flexibility index (Phi) is 6.73. The average Bonchev–Trinajstić information content (AvgIpc) is 2.72. The maximum absolute atomic E-state index is 10.4. The van der Waals surface area contributed by atoms with Crippen LogP contribution in [0.3, 0.4) is 0 Å². The Morgan fingerprint density at radius 2 is 1.86 bits per heavy atom. The summed E-state index contributed by atoms with van der Waals surface area (Å²) >= 11 is 12.7. The average molecular weight is 409 g/mol. The topological polar surface area (TPSA) is 36.7 Å². The van der Waals surface area contributed by atoms with Crippen molar-refractivity contribution < 1.29 is 0 Å². The van der Waals surface area contributed by atoms with Gasteiger partial charge < -0.3 is 0 Å². The molecule has 2 aromatic carbocycles. The molecule has 0 spiro atoms. The zero-order valence-electron chi connectivity index (χ0n) is 15.8. The van der Waals surface area contributed by atoms with E-state index in [2.05, 4.69) is 30.1 Å². The second-order valence-electron chi connectivity index (χ2n) is 7.08. The van der Waals surface area contributed by atoms with Gasteiger partial charge in [0, 0.05) is 22.4 Å². The van der Waals surface area contributed by atoms with Gasteiger partial charge in [-0.2, -0.15) is 5.26 Å². The van der Waals surface area contributed by atoms with E-state index in [9.17, 15) is 5.26 Å². The molecule has 1 aromatic heterocycles. The van der Waals surface area contributed by atoms with E-state index in [1.54, 1.807) is 12.3 Å². The van der Waals surface area contributed by atoms with Gasteiger partial charge in [0.15, 0.2) is 0 Å². The Hall–Kier alpha value is -2.34. The molecule has 0 N–H and O–H groups in total. The SMILES string of the molecule is CCC(CC(C#N)(Cc1cccnc1)c1ccc(Cl)cc1Cl)c1ccccc1. The van der Waals surface area contributed by atoms with Gasteiger partial charge >= 0.3 is 0 Å². The molecule has 1 heterocycles. The Labute approximate surface area is 176 Å². The molecule has 2 atom stereocenters. The number of rotatable bonds is 7. The minimum atomic E-state index is -0.777. The molecule has 2 nitrogen and oxygen atoms in total. The van der Waals surface area contributed by atoms with Gasteiger partial charge in [-0.3, -0.25) is 4.98 Å². The van der Waals surface area contributed by atoms with Crippen LogP contribution in [0.2, 0.25) is 10.0 Å². The molecule has 0 radical (unpaired) electrons. The fourth-order valence-electron chi connectivity index (χ4n) is 3.80. The summed E-state index contributed by atoms with van der Waals surface area (Å²) in [6.07, 6.45) is 5.71. The Balaban J connectivity index is 2.08. The van der Waals surface area contributed by atoms with Gasteiger partial charge in [-0.05, 0) is 60.1 Å². The number of nitrogens with zero attached hydrogens (tertiary/aromatic N) is 2. The van der Waals surface area contributed by atoms with E-state index in [1.807, 2.05) is 48.7 Å². The van der Waals surface area contributed by atoms with Gasteiger partial charge in [-0.1, -0.05) is 72.6 Å². The lowest BCUT2D eigenvalue weighted by atomic mass is 9.69. The normalized spacial score (nSPS) is 14.1. The van der Waals surface area contributed by atoms with E-state index < -0.39 is 5.41 Å². The minimum Gasteiger partial charge on any atom is -0.264 e. The Morgan fingerprint density at radius 1 is 1.07 bits per heavy atom. The summed E-state index contributed by atoms with van der Waals surface area (Å²) in [5.41, 5.74) is 2.29. The van der Waals surface area contributed by atoms with Crippen LogP contribution < -0.4 is 0 Å². The summed E-state index contributed by atoms with van der Waals surface area (Å²) in [6, 6.07) is 22.3.